The largest absolute Gasteiger partial charge is 0.457 e. The Kier molecular flexibility index (Phi) is 6.18. The van der Waals surface area contributed by atoms with E-state index in [-0.39, 0.29) is 5.56 Å². The Hall–Kier alpha value is -3.71. The number of nitrogens with one attached hydrogen (secondary N) is 2. The van der Waals surface area contributed by atoms with Crippen LogP contribution in [0.15, 0.2) is 65.7 Å². The van der Waals surface area contributed by atoms with Crippen LogP contribution in [-0.2, 0) is 24.7 Å². The zero-order valence-electron chi connectivity index (χ0n) is 17.2. The maximum Gasteiger partial charge on any atom is 0.274 e. The van der Waals surface area contributed by atoms with Crippen molar-refractivity contribution in [3.05, 3.63) is 82.4 Å². The normalized spacial score (nSPS) is 11.9. The SMILES string of the molecule is Cn1cc(-c2cc(CCNS(=O)O)ccc2Oc2ccc(C#N)cc2)c2cc[nH]c2c1=O. The predicted molar refractivity (Wildman–Crippen MR) is 123 cm³/mol. The highest BCUT2D eigenvalue weighted by atomic mass is 32.2. The van der Waals surface area contributed by atoms with E-state index < -0.39 is 11.3 Å². The number of hydrogen-bond donors (Lipinski definition) is 3. The van der Waals surface area contributed by atoms with Gasteiger partial charge in [-0.15, -0.1) is 0 Å². The van der Waals surface area contributed by atoms with Gasteiger partial charge in [0.05, 0.1) is 11.6 Å². The van der Waals surface area contributed by atoms with Gasteiger partial charge in [-0.3, -0.25) is 9.35 Å². The van der Waals surface area contributed by atoms with E-state index in [1.54, 1.807) is 43.7 Å². The van der Waals surface area contributed by atoms with Crippen molar-refractivity contribution < 1.29 is 13.5 Å². The first-order valence-electron chi connectivity index (χ1n) is 9.78. The lowest BCUT2D eigenvalue weighted by Crippen LogP contribution is -2.19. The molecule has 0 spiro atoms. The van der Waals surface area contributed by atoms with Gasteiger partial charge in [0.2, 0.25) is 11.3 Å². The summed E-state index contributed by atoms with van der Waals surface area (Å²) in [7, 11) is 1.69. The summed E-state index contributed by atoms with van der Waals surface area (Å²) in [6, 6.07) is 16.4. The molecule has 162 valence electrons. The Morgan fingerprint density at radius 3 is 2.69 bits per heavy atom. The topological polar surface area (TPSA) is 120 Å². The highest BCUT2D eigenvalue weighted by Gasteiger charge is 2.15. The van der Waals surface area contributed by atoms with Crippen molar-refractivity contribution in [3.8, 4) is 28.7 Å². The monoisotopic (exact) mass is 448 g/mol. The van der Waals surface area contributed by atoms with E-state index in [0.717, 1.165) is 22.1 Å². The summed E-state index contributed by atoms with van der Waals surface area (Å²) < 4.78 is 30.0. The van der Waals surface area contributed by atoms with Gasteiger partial charge in [-0.1, -0.05) is 6.07 Å². The number of ether oxygens (including phenoxy) is 1. The third-order valence-corrected chi connectivity index (χ3v) is 5.53. The molecule has 2 aromatic carbocycles. The molecule has 9 heteroatoms. The van der Waals surface area contributed by atoms with Gasteiger partial charge in [0.15, 0.2) is 0 Å². The number of rotatable bonds is 7. The van der Waals surface area contributed by atoms with Crippen molar-refractivity contribution in [1.82, 2.24) is 14.3 Å². The first kappa shape index (κ1) is 21.5. The van der Waals surface area contributed by atoms with Gasteiger partial charge < -0.3 is 14.3 Å². The molecule has 0 saturated carbocycles. The van der Waals surface area contributed by atoms with Gasteiger partial charge in [-0.05, 0) is 54.4 Å². The van der Waals surface area contributed by atoms with E-state index in [2.05, 4.69) is 15.8 Å². The average Bonchev–Trinajstić information content (AvgIpc) is 3.28. The Labute approximate surface area is 186 Å². The molecule has 2 aromatic heterocycles. The van der Waals surface area contributed by atoms with Crippen LogP contribution in [0.4, 0.5) is 0 Å². The molecule has 0 aliphatic rings. The molecule has 3 N–H and O–H groups in total. The summed E-state index contributed by atoms with van der Waals surface area (Å²) >= 11 is -2.07. The molecular formula is C23H20N4O4S. The maximum absolute atomic E-state index is 12.5. The molecule has 0 aliphatic carbocycles. The molecule has 1 atom stereocenters. The highest BCUT2D eigenvalue weighted by molar-refractivity contribution is 7.77. The summed E-state index contributed by atoms with van der Waals surface area (Å²) in [5, 5.41) is 9.78. The fourth-order valence-electron chi connectivity index (χ4n) is 3.52. The van der Waals surface area contributed by atoms with Crippen molar-refractivity contribution in [3.63, 3.8) is 0 Å². The molecule has 1 unspecified atom stereocenters. The Balaban J connectivity index is 1.81. The molecule has 0 bridgehead atoms. The third-order valence-electron chi connectivity index (χ3n) is 5.08. The second-order valence-corrected chi connectivity index (χ2v) is 7.97. The molecule has 4 aromatic rings. The van der Waals surface area contributed by atoms with Crippen molar-refractivity contribution in [1.29, 1.82) is 5.26 Å². The summed E-state index contributed by atoms with van der Waals surface area (Å²) in [5.74, 6) is 1.16. The van der Waals surface area contributed by atoms with Crippen LogP contribution in [0.1, 0.15) is 11.1 Å². The van der Waals surface area contributed by atoms with Gasteiger partial charge in [0, 0.05) is 42.5 Å². The number of aromatic amines is 1. The number of nitrogens with zero attached hydrogens (tertiary/aromatic N) is 2. The van der Waals surface area contributed by atoms with Gasteiger partial charge in [0.1, 0.15) is 17.0 Å². The van der Waals surface area contributed by atoms with E-state index in [0.29, 0.717) is 35.5 Å². The zero-order chi connectivity index (χ0) is 22.7. The summed E-state index contributed by atoms with van der Waals surface area (Å²) in [6.45, 7) is 0.325. The van der Waals surface area contributed by atoms with Crippen LogP contribution in [-0.4, -0.2) is 24.9 Å². The van der Waals surface area contributed by atoms with Crippen molar-refractivity contribution in [2.75, 3.05) is 6.54 Å². The second kappa shape index (κ2) is 9.20. The summed E-state index contributed by atoms with van der Waals surface area (Å²) in [5.41, 5.74) is 3.42. The minimum Gasteiger partial charge on any atom is -0.457 e. The number of aromatic nitrogens is 2. The van der Waals surface area contributed by atoms with Crippen LogP contribution in [0.3, 0.4) is 0 Å². The zero-order valence-corrected chi connectivity index (χ0v) is 18.0. The number of nitriles is 1. The number of fused-ring (bicyclic) bond motifs is 1. The number of aryl methyl sites for hydroxylation is 1. The fourth-order valence-corrected chi connectivity index (χ4v) is 3.80. The van der Waals surface area contributed by atoms with E-state index >= 15 is 0 Å². The minimum atomic E-state index is -2.07. The molecule has 32 heavy (non-hydrogen) atoms. The fraction of sp³-hybridized carbons (Fsp3) is 0.130. The van der Waals surface area contributed by atoms with E-state index in [9.17, 15) is 9.00 Å². The minimum absolute atomic E-state index is 0.130. The lowest BCUT2D eigenvalue weighted by Gasteiger charge is -2.15. The molecule has 0 saturated heterocycles. The molecule has 0 fully saturated rings. The lowest BCUT2D eigenvalue weighted by atomic mass is 9.99. The Morgan fingerprint density at radius 2 is 1.97 bits per heavy atom. The predicted octanol–water partition coefficient (Wildman–Crippen LogP) is 3.47. The molecule has 0 radical (unpaired) electrons. The van der Waals surface area contributed by atoms with Crippen LogP contribution in [0, 0.1) is 11.3 Å². The van der Waals surface area contributed by atoms with Gasteiger partial charge in [0.25, 0.3) is 5.56 Å². The number of benzene rings is 2. The maximum atomic E-state index is 12.5. The number of pyridine rings is 1. The third kappa shape index (κ3) is 4.48. The number of H-pyrrole nitrogens is 1. The van der Waals surface area contributed by atoms with E-state index in [4.69, 9.17) is 14.6 Å². The Bertz CT molecular complexity index is 1400. The number of hydrogen-bond acceptors (Lipinski definition) is 4. The summed E-state index contributed by atoms with van der Waals surface area (Å²) in [6.07, 6.45) is 4.02. The van der Waals surface area contributed by atoms with Crippen LogP contribution >= 0.6 is 0 Å². The van der Waals surface area contributed by atoms with Gasteiger partial charge >= 0.3 is 0 Å². The van der Waals surface area contributed by atoms with Crippen molar-refractivity contribution >= 4 is 22.2 Å². The van der Waals surface area contributed by atoms with Crippen LogP contribution in [0.25, 0.3) is 22.0 Å². The van der Waals surface area contributed by atoms with Crippen molar-refractivity contribution in [2.45, 2.75) is 6.42 Å². The second-order valence-electron chi connectivity index (χ2n) is 7.19. The van der Waals surface area contributed by atoms with E-state index in [1.165, 1.54) is 4.57 Å². The van der Waals surface area contributed by atoms with Gasteiger partial charge in [-0.25, -0.2) is 8.93 Å². The lowest BCUT2D eigenvalue weighted by molar-refractivity contribution is 0.484. The molecule has 8 nitrogen and oxygen atoms in total. The quantitative estimate of drug-likeness (QED) is 0.374. The molecule has 4 rings (SSSR count). The molecular weight excluding hydrogens is 428 g/mol. The van der Waals surface area contributed by atoms with Gasteiger partial charge in [-0.2, -0.15) is 5.26 Å². The van der Waals surface area contributed by atoms with Crippen LogP contribution in [0.2, 0.25) is 0 Å². The van der Waals surface area contributed by atoms with Crippen molar-refractivity contribution in [2.24, 2.45) is 7.05 Å². The van der Waals surface area contributed by atoms with E-state index in [1.807, 2.05) is 24.3 Å². The molecule has 0 aliphatic heterocycles. The first-order valence-corrected chi connectivity index (χ1v) is 10.9. The average molecular weight is 449 g/mol. The Morgan fingerprint density at radius 1 is 1.19 bits per heavy atom. The molecule has 2 heterocycles. The standard InChI is InChI=1S/C23H20N4O4S/c1-27-14-20(18-9-10-25-22(18)23(27)28)19-12-15(8-11-26-32(29)30)4-7-21(19)31-17-5-2-16(13-24)3-6-17/h2-7,9-10,12,14,25-26H,8,11H2,1H3,(H,29,30). The van der Waals surface area contributed by atoms with Crippen LogP contribution < -0.4 is 15.0 Å². The molecule has 0 amide bonds. The smallest absolute Gasteiger partial charge is 0.274 e. The van der Waals surface area contributed by atoms with Crippen LogP contribution in [0.5, 0.6) is 11.5 Å². The first-order chi connectivity index (χ1) is 15.5. The summed E-state index contributed by atoms with van der Waals surface area (Å²) in [4.78, 5) is 15.5. The highest BCUT2D eigenvalue weighted by Crippen LogP contribution is 2.37.